The van der Waals surface area contributed by atoms with Crippen LogP contribution in [0.4, 0.5) is 5.69 Å². The third-order valence-corrected chi connectivity index (χ3v) is 2.81. The Morgan fingerprint density at radius 2 is 2.05 bits per heavy atom. The lowest BCUT2D eigenvalue weighted by atomic mass is 10.2. The van der Waals surface area contributed by atoms with E-state index in [1.54, 1.807) is 18.2 Å². The molecule has 104 valence electrons. The van der Waals surface area contributed by atoms with Crippen LogP contribution in [0.1, 0.15) is 11.1 Å². The standard InChI is InChI=1S/C15H11N3O3/c16-10-13-9-14(18(20)21)11-17(15(13)19)8-4-7-12-5-2-1-3-6-12/h1-7,9,11H,8H2/b7-4+. The van der Waals surface area contributed by atoms with Gasteiger partial charge in [-0.2, -0.15) is 5.26 Å². The zero-order valence-corrected chi connectivity index (χ0v) is 11.0. The van der Waals surface area contributed by atoms with Gasteiger partial charge in [-0.15, -0.1) is 0 Å². The smallest absolute Gasteiger partial charge is 0.287 e. The van der Waals surface area contributed by atoms with E-state index in [-0.39, 0.29) is 17.8 Å². The van der Waals surface area contributed by atoms with Crippen LogP contribution >= 0.6 is 0 Å². The van der Waals surface area contributed by atoms with Crippen LogP contribution in [0.2, 0.25) is 0 Å². The molecule has 2 aromatic rings. The van der Waals surface area contributed by atoms with Gasteiger partial charge in [0.2, 0.25) is 0 Å². The van der Waals surface area contributed by atoms with Crippen LogP contribution in [-0.4, -0.2) is 9.49 Å². The van der Waals surface area contributed by atoms with E-state index in [9.17, 15) is 14.9 Å². The van der Waals surface area contributed by atoms with E-state index >= 15 is 0 Å². The Hall–Kier alpha value is -3.20. The van der Waals surface area contributed by atoms with E-state index in [0.29, 0.717) is 0 Å². The van der Waals surface area contributed by atoms with Crippen LogP contribution in [0.3, 0.4) is 0 Å². The molecule has 0 bridgehead atoms. The quantitative estimate of drug-likeness (QED) is 0.635. The minimum Gasteiger partial charge on any atom is -0.304 e. The van der Waals surface area contributed by atoms with Crippen molar-refractivity contribution in [3.05, 3.63) is 80.3 Å². The van der Waals surface area contributed by atoms with Gasteiger partial charge in [-0.1, -0.05) is 42.5 Å². The highest BCUT2D eigenvalue weighted by atomic mass is 16.6. The zero-order valence-electron chi connectivity index (χ0n) is 11.0. The molecule has 0 spiro atoms. The number of hydrogen-bond donors (Lipinski definition) is 0. The molecule has 0 amide bonds. The third-order valence-electron chi connectivity index (χ3n) is 2.81. The topological polar surface area (TPSA) is 88.9 Å². The molecular weight excluding hydrogens is 270 g/mol. The van der Waals surface area contributed by atoms with Crippen LogP contribution < -0.4 is 5.56 Å². The van der Waals surface area contributed by atoms with E-state index in [1.807, 2.05) is 30.3 Å². The van der Waals surface area contributed by atoms with Gasteiger partial charge in [0.25, 0.3) is 11.2 Å². The normalized spacial score (nSPS) is 10.4. The lowest BCUT2D eigenvalue weighted by molar-refractivity contribution is -0.385. The fourth-order valence-electron chi connectivity index (χ4n) is 1.80. The summed E-state index contributed by atoms with van der Waals surface area (Å²) in [4.78, 5) is 22.1. The Morgan fingerprint density at radius 3 is 2.67 bits per heavy atom. The summed E-state index contributed by atoms with van der Waals surface area (Å²) in [6.07, 6.45) is 4.65. The molecular formula is C15H11N3O3. The van der Waals surface area contributed by atoms with Crippen LogP contribution in [0.5, 0.6) is 0 Å². The van der Waals surface area contributed by atoms with Crippen molar-refractivity contribution < 1.29 is 4.92 Å². The monoisotopic (exact) mass is 281 g/mol. The van der Waals surface area contributed by atoms with Crippen molar-refractivity contribution in [1.29, 1.82) is 5.26 Å². The summed E-state index contributed by atoms with van der Waals surface area (Å²) >= 11 is 0. The Morgan fingerprint density at radius 1 is 1.33 bits per heavy atom. The minimum absolute atomic E-state index is 0.157. The molecule has 1 heterocycles. The number of nitriles is 1. The first-order chi connectivity index (χ1) is 10.1. The van der Waals surface area contributed by atoms with Crippen molar-refractivity contribution in [2.45, 2.75) is 6.54 Å². The molecule has 1 aromatic heterocycles. The maximum absolute atomic E-state index is 11.9. The van der Waals surface area contributed by atoms with Gasteiger partial charge in [0.15, 0.2) is 0 Å². The maximum atomic E-state index is 11.9. The summed E-state index contributed by atoms with van der Waals surface area (Å²) in [6.45, 7) is 0.157. The van der Waals surface area contributed by atoms with Gasteiger partial charge in [0.05, 0.1) is 11.1 Å². The van der Waals surface area contributed by atoms with Gasteiger partial charge in [-0.25, -0.2) is 0 Å². The van der Waals surface area contributed by atoms with E-state index in [4.69, 9.17) is 5.26 Å². The van der Waals surface area contributed by atoms with Crippen LogP contribution in [0.25, 0.3) is 6.08 Å². The summed E-state index contributed by atoms with van der Waals surface area (Å²) in [5.74, 6) is 0. The van der Waals surface area contributed by atoms with Gasteiger partial charge in [0, 0.05) is 12.6 Å². The first kappa shape index (κ1) is 14.2. The molecule has 0 saturated heterocycles. The van der Waals surface area contributed by atoms with Crippen LogP contribution in [0.15, 0.2) is 53.5 Å². The predicted molar refractivity (Wildman–Crippen MR) is 77.5 cm³/mol. The summed E-state index contributed by atoms with van der Waals surface area (Å²) < 4.78 is 1.15. The lowest BCUT2D eigenvalue weighted by Crippen LogP contribution is -2.22. The molecule has 0 fully saturated rings. The Labute approximate surface area is 120 Å². The molecule has 0 atom stereocenters. The van der Waals surface area contributed by atoms with Crippen molar-refractivity contribution in [2.75, 3.05) is 0 Å². The number of rotatable bonds is 4. The summed E-state index contributed by atoms with van der Waals surface area (Å²) in [6, 6.07) is 12.1. The van der Waals surface area contributed by atoms with Crippen LogP contribution in [-0.2, 0) is 6.54 Å². The number of pyridine rings is 1. The average molecular weight is 281 g/mol. The third kappa shape index (κ3) is 3.42. The fourth-order valence-corrected chi connectivity index (χ4v) is 1.80. The van der Waals surface area contributed by atoms with Gasteiger partial charge in [-0.3, -0.25) is 14.9 Å². The summed E-state index contributed by atoms with van der Waals surface area (Å²) in [5.41, 5.74) is -0.103. The van der Waals surface area contributed by atoms with Crippen molar-refractivity contribution >= 4 is 11.8 Å². The van der Waals surface area contributed by atoms with Gasteiger partial charge >= 0.3 is 0 Å². The second-order valence-electron chi connectivity index (χ2n) is 4.25. The molecule has 0 aliphatic heterocycles. The molecule has 0 unspecified atom stereocenters. The predicted octanol–water partition coefficient (Wildman–Crippen LogP) is 2.34. The van der Waals surface area contributed by atoms with Gasteiger partial charge < -0.3 is 4.57 Å². The van der Waals surface area contributed by atoms with E-state index in [2.05, 4.69) is 0 Å². The Balaban J connectivity index is 2.30. The second kappa shape index (κ2) is 6.30. The van der Waals surface area contributed by atoms with Gasteiger partial charge in [0.1, 0.15) is 11.6 Å². The van der Waals surface area contributed by atoms with Crippen LogP contribution in [0, 0.1) is 21.4 Å². The van der Waals surface area contributed by atoms with Crippen molar-refractivity contribution in [1.82, 2.24) is 4.57 Å². The van der Waals surface area contributed by atoms with E-state index < -0.39 is 10.5 Å². The number of hydrogen-bond acceptors (Lipinski definition) is 4. The Kier molecular flexibility index (Phi) is 4.26. The van der Waals surface area contributed by atoms with Crippen molar-refractivity contribution in [3.63, 3.8) is 0 Å². The van der Waals surface area contributed by atoms with Gasteiger partial charge in [-0.05, 0) is 5.56 Å². The zero-order chi connectivity index (χ0) is 15.2. The largest absolute Gasteiger partial charge is 0.304 e. The van der Waals surface area contributed by atoms with Crippen molar-refractivity contribution in [2.24, 2.45) is 0 Å². The number of benzene rings is 1. The molecule has 0 radical (unpaired) electrons. The highest BCUT2D eigenvalue weighted by Crippen LogP contribution is 2.10. The first-order valence-electron chi connectivity index (χ1n) is 6.12. The second-order valence-corrected chi connectivity index (χ2v) is 4.25. The Bertz CT molecular complexity index is 786. The molecule has 0 aliphatic rings. The number of aromatic nitrogens is 1. The fraction of sp³-hybridized carbons (Fsp3) is 0.0667. The summed E-state index contributed by atoms with van der Waals surface area (Å²) in [5, 5.41) is 19.6. The highest BCUT2D eigenvalue weighted by molar-refractivity contribution is 5.48. The molecule has 0 aliphatic carbocycles. The highest BCUT2D eigenvalue weighted by Gasteiger charge is 2.12. The molecule has 6 heteroatoms. The average Bonchev–Trinajstić information content (AvgIpc) is 2.49. The van der Waals surface area contributed by atoms with E-state index in [1.165, 1.54) is 0 Å². The lowest BCUT2D eigenvalue weighted by Gasteiger charge is -2.02. The van der Waals surface area contributed by atoms with E-state index in [0.717, 1.165) is 22.4 Å². The maximum Gasteiger partial charge on any atom is 0.287 e. The molecule has 21 heavy (non-hydrogen) atoms. The molecule has 0 N–H and O–H groups in total. The number of allylic oxidation sites excluding steroid dienone is 1. The minimum atomic E-state index is -0.627. The molecule has 0 saturated carbocycles. The number of nitro groups is 1. The number of nitrogens with zero attached hydrogens (tertiary/aromatic N) is 3. The molecule has 6 nitrogen and oxygen atoms in total. The van der Waals surface area contributed by atoms with Crippen molar-refractivity contribution in [3.8, 4) is 6.07 Å². The molecule has 1 aromatic carbocycles. The first-order valence-corrected chi connectivity index (χ1v) is 6.12. The SMILES string of the molecule is N#Cc1cc([N+](=O)[O-])cn(C/C=C/c2ccccc2)c1=O. The molecule has 2 rings (SSSR count). The summed E-state index contributed by atoms with van der Waals surface area (Å²) in [7, 11) is 0.